The molecule has 3 N–H and O–H groups in total. The van der Waals surface area contributed by atoms with Crippen molar-refractivity contribution in [3.05, 3.63) is 29.8 Å². The van der Waals surface area contributed by atoms with Gasteiger partial charge in [-0.15, -0.1) is 0 Å². The molecule has 0 saturated heterocycles. The first-order valence-corrected chi connectivity index (χ1v) is 5.86. The Hall–Kier alpha value is -1.55. The second kappa shape index (κ2) is 6.91. The van der Waals surface area contributed by atoms with Gasteiger partial charge in [0, 0.05) is 6.04 Å². The van der Waals surface area contributed by atoms with E-state index in [0.717, 1.165) is 13.0 Å². The van der Waals surface area contributed by atoms with Gasteiger partial charge in [-0.25, -0.2) is 0 Å². The van der Waals surface area contributed by atoms with E-state index in [0.29, 0.717) is 24.0 Å². The molecule has 1 amide bonds. The normalized spacial score (nSPS) is 10.5. The van der Waals surface area contributed by atoms with Gasteiger partial charge < -0.3 is 15.8 Å². The zero-order valence-corrected chi connectivity index (χ0v) is 10.4. The van der Waals surface area contributed by atoms with Gasteiger partial charge in [0.25, 0.3) is 5.91 Å². The van der Waals surface area contributed by atoms with E-state index in [-0.39, 0.29) is 0 Å². The van der Waals surface area contributed by atoms with Crippen LogP contribution in [0.3, 0.4) is 0 Å². The van der Waals surface area contributed by atoms with E-state index in [9.17, 15) is 4.79 Å². The topological polar surface area (TPSA) is 64.3 Å². The zero-order valence-electron chi connectivity index (χ0n) is 10.4. The highest BCUT2D eigenvalue weighted by Gasteiger charge is 2.07. The van der Waals surface area contributed by atoms with Crippen molar-refractivity contribution in [2.75, 3.05) is 13.2 Å². The molecule has 0 spiro atoms. The van der Waals surface area contributed by atoms with E-state index >= 15 is 0 Å². The molecule has 0 aliphatic carbocycles. The van der Waals surface area contributed by atoms with Crippen molar-refractivity contribution in [2.24, 2.45) is 5.73 Å². The number of ether oxygens (including phenoxy) is 1. The molecule has 0 aliphatic heterocycles. The summed E-state index contributed by atoms with van der Waals surface area (Å²) < 4.78 is 5.54. The van der Waals surface area contributed by atoms with Gasteiger partial charge in [0.05, 0.1) is 12.2 Å². The minimum atomic E-state index is -0.457. The van der Waals surface area contributed by atoms with Crippen LogP contribution in [0, 0.1) is 0 Å². The van der Waals surface area contributed by atoms with Crippen molar-refractivity contribution in [1.82, 2.24) is 5.32 Å². The molecule has 17 heavy (non-hydrogen) atoms. The molecule has 0 unspecified atom stereocenters. The maximum atomic E-state index is 11.1. The lowest BCUT2D eigenvalue weighted by Gasteiger charge is -2.10. The van der Waals surface area contributed by atoms with Gasteiger partial charge in [0.15, 0.2) is 0 Å². The largest absolute Gasteiger partial charge is 0.493 e. The van der Waals surface area contributed by atoms with Crippen molar-refractivity contribution in [2.45, 2.75) is 26.3 Å². The highest BCUT2D eigenvalue weighted by atomic mass is 16.5. The van der Waals surface area contributed by atoms with Crippen LogP contribution in [0.1, 0.15) is 30.6 Å². The van der Waals surface area contributed by atoms with Crippen LogP contribution in [0.4, 0.5) is 0 Å². The molecule has 94 valence electrons. The Labute approximate surface area is 102 Å². The van der Waals surface area contributed by atoms with Crippen LogP contribution in [-0.4, -0.2) is 25.1 Å². The van der Waals surface area contributed by atoms with Crippen molar-refractivity contribution in [1.29, 1.82) is 0 Å². The summed E-state index contributed by atoms with van der Waals surface area (Å²) >= 11 is 0. The molecule has 0 aromatic heterocycles. The molecular formula is C13H20N2O2. The molecule has 1 aromatic carbocycles. The third-order valence-electron chi connectivity index (χ3n) is 2.28. The van der Waals surface area contributed by atoms with Crippen LogP contribution in [-0.2, 0) is 0 Å². The van der Waals surface area contributed by atoms with Crippen LogP contribution < -0.4 is 15.8 Å². The van der Waals surface area contributed by atoms with Crippen LogP contribution in [0.5, 0.6) is 5.75 Å². The summed E-state index contributed by atoms with van der Waals surface area (Å²) in [5.74, 6) is 0.102. The molecule has 0 radical (unpaired) electrons. The lowest BCUT2D eigenvalue weighted by molar-refractivity contribution is 0.0996. The standard InChI is InChI=1S/C13H20N2O2/c1-10(2)15-8-5-9-17-12-7-4-3-6-11(12)13(14)16/h3-4,6-7,10,15H,5,8-9H2,1-2H3,(H2,14,16). The van der Waals surface area contributed by atoms with Crippen LogP contribution in [0.2, 0.25) is 0 Å². The Kier molecular flexibility index (Phi) is 5.49. The van der Waals surface area contributed by atoms with Crippen LogP contribution in [0.25, 0.3) is 0 Å². The molecule has 1 aromatic rings. The zero-order chi connectivity index (χ0) is 12.7. The predicted octanol–water partition coefficient (Wildman–Crippen LogP) is 1.55. The first-order valence-electron chi connectivity index (χ1n) is 5.86. The van der Waals surface area contributed by atoms with Gasteiger partial charge in [-0.2, -0.15) is 0 Å². The molecule has 0 bridgehead atoms. The minimum Gasteiger partial charge on any atom is -0.493 e. The third-order valence-corrected chi connectivity index (χ3v) is 2.28. The molecule has 0 heterocycles. The number of nitrogens with two attached hydrogens (primary N) is 1. The van der Waals surface area contributed by atoms with E-state index in [1.807, 2.05) is 6.07 Å². The maximum Gasteiger partial charge on any atom is 0.252 e. The average molecular weight is 236 g/mol. The fourth-order valence-corrected chi connectivity index (χ4v) is 1.44. The highest BCUT2D eigenvalue weighted by Crippen LogP contribution is 2.17. The summed E-state index contributed by atoms with van der Waals surface area (Å²) in [4.78, 5) is 11.1. The first kappa shape index (κ1) is 13.5. The van der Waals surface area contributed by atoms with Crippen molar-refractivity contribution >= 4 is 5.91 Å². The Morgan fingerprint density at radius 1 is 1.41 bits per heavy atom. The monoisotopic (exact) mass is 236 g/mol. The lowest BCUT2D eigenvalue weighted by atomic mass is 10.2. The molecule has 0 saturated carbocycles. The summed E-state index contributed by atoms with van der Waals surface area (Å²) in [5, 5.41) is 3.30. The van der Waals surface area contributed by atoms with E-state index in [2.05, 4.69) is 19.2 Å². The lowest BCUT2D eigenvalue weighted by Crippen LogP contribution is -2.25. The van der Waals surface area contributed by atoms with Crippen LogP contribution >= 0.6 is 0 Å². The van der Waals surface area contributed by atoms with Gasteiger partial charge in [0.2, 0.25) is 0 Å². The number of rotatable bonds is 7. The summed E-state index contributed by atoms with van der Waals surface area (Å²) in [5.41, 5.74) is 5.69. The molecule has 0 aliphatic rings. The van der Waals surface area contributed by atoms with E-state index in [1.165, 1.54) is 0 Å². The van der Waals surface area contributed by atoms with Gasteiger partial charge in [-0.3, -0.25) is 4.79 Å². The second-order valence-corrected chi connectivity index (χ2v) is 4.17. The van der Waals surface area contributed by atoms with E-state index in [4.69, 9.17) is 10.5 Å². The first-order chi connectivity index (χ1) is 8.11. The van der Waals surface area contributed by atoms with Gasteiger partial charge in [0.1, 0.15) is 5.75 Å². The van der Waals surface area contributed by atoms with E-state index < -0.39 is 5.91 Å². The number of amides is 1. The summed E-state index contributed by atoms with van der Waals surface area (Å²) in [7, 11) is 0. The smallest absolute Gasteiger partial charge is 0.252 e. The Morgan fingerprint density at radius 3 is 2.76 bits per heavy atom. The second-order valence-electron chi connectivity index (χ2n) is 4.17. The number of hydrogen-bond donors (Lipinski definition) is 2. The molecule has 0 fully saturated rings. The Morgan fingerprint density at radius 2 is 2.12 bits per heavy atom. The highest BCUT2D eigenvalue weighted by molar-refractivity contribution is 5.95. The van der Waals surface area contributed by atoms with Crippen molar-refractivity contribution < 1.29 is 9.53 Å². The van der Waals surface area contributed by atoms with Gasteiger partial charge in [-0.1, -0.05) is 26.0 Å². The van der Waals surface area contributed by atoms with Crippen LogP contribution in [0.15, 0.2) is 24.3 Å². The predicted molar refractivity (Wildman–Crippen MR) is 68.2 cm³/mol. The molecular weight excluding hydrogens is 216 g/mol. The summed E-state index contributed by atoms with van der Waals surface area (Å²) in [6.45, 7) is 5.67. The number of para-hydroxylation sites is 1. The molecule has 4 heteroatoms. The maximum absolute atomic E-state index is 11.1. The SMILES string of the molecule is CC(C)NCCCOc1ccccc1C(N)=O. The summed E-state index contributed by atoms with van der Waals surface area (Å²) in [6, 6.07) is 7.51. The van der Waals surface area contributed by atoms with Crippen molar-refractivity contribution in [3.8, 4) is 5.75 Å². The minimum absolute atomic E-state index is 0.435. The molecule has 0 atom stereocenters. The Balaban J connectivity index is 2.39. The number of hydrogen-bond acceptors (Lipinski definition) is 3. The van der Waals surface area contributed by atoms with E-state index in [1.54, 1.807) is 18.2 Å². The number of primary amides is 1. The third kappa shape index (κ3) is 4.87. The average Bonchev–Trinajstić information content (AvgIpc) is 2.28. The molecule has 4 nitrogen and oxygen atoms in total. The Bertz CT molecular complexity index is 364. The van der Waals surface area contributed by atoms with Gasteiger partial charge >= 0.3 is 0 Å². The molecule has 1 rings (SSSR count). The summed E-state index contributed by atoms with van der Waals surface area (Å²) in [6.07, 6.45) is 0.894. The number of nitrogens with one attached hydrogen (secondary N) is 1. The van der Waals surface area contributed by atoms with Crippen molar-refractivity contribution in [3.63, 3.8) is 0 Å². The van der Waals surface area contributed by atoms with Gasteiger partial charge in [-0.05, 0) is 25.1 Å². The number of benzene rings is 1. The number of carbonyl (C=O) groups excluding carboxylic acids is 1. The fraction of sp³-hybridized carbons (Fsp3) is 0.462. The fourth-order valence-electron chi connectivity index (χ4n) is 1.44. The number of carbonyl (C=O) groups is 1. The quantitative estimate of drug-likeness (QED) is 0.706.